The van der Waals surface area contributed by atoms with Crippen molar-refractivity contribution in [1.82, 2.24) is 14.9 Å². The Labute approximate surface area is 195 Å². The highest BCUT2D eigenvalue weighted by Gasteiger charge is 2.33. The summed E-state index contributed by atoms with van der Waals surface area (Å²) in [5.41, 5.74) is 0.438. The van der Waals surface area contributed by atoms with E-state index in [0.29, 0.717) is 11.3 Å². The van der Waals surface area contributed by atoms with Crippen molar-refractivity contribution in [1.29, 1.82) is 0 Å². The summed E-state index contributed by atoms with van der Waals surface area (Å²) in [6.07, 6.45) is 2.64. The van der Waals surface area contributed by atoms with Crippen LogP contribution >= 0.6 is 11.6 Å². The first-order valence-corrected chi connectivity index (χ1v) is 10.8. The highest BCUT2D eigenvalue weighted by atomic mass is 35.5. The molecule has 33 heavy (non-hydrogen) atoms. The summed E-state index contributed by atoms with van der Waals surface area (Å²) in [7, 11) is 1.48. The quantitative estimate of drug-likeness (QED) is 0.475. The average Bonchev–Trinajstić information content (AvgIpc) is 3.10. The molecule has 0 saturated heterocycles. The van der Waals surface area contributed by atoms with E-state index in [2.05, 4.69) is 23.8 Å². The first-order valence-electron chi connectivity index (χ1n) is 10.5. The second kappa shape index (κ2) is 10.6. The van der Waals surface area contributed by atoms with Crippen LogP contribution < -0.4 is 4.74 Å². The molecule has 6 nitrogen and oxygen atoms in total. The van der Waals surface area contributed by atoms with Crippen molar-refractivity contribution in [2.45, 2.75) is 39.8 Å². The van der Waals surface area contributed by atoms with Crippen molar-refractivity contribution in [2.24, 2.45) is 0 Å². The number of nitrogens with zero attached hydrogens (tertiary/aromatic N) is 3. The molecule has 3 aromatic rings. The van der Waals surface area contributed by atoms with Gasteiger partial charge in [-0.25, -0.2) is 18.7 Å². The number of aromatic nitrogens is 2. The Bertz CT molecular complexity index is 1150. The Morgan fingerprint density at radius 2 is 1.76 bits per heavy atom. The summed E-state index contributed by atoms with van der Waals surface area (Å²) >= 11 is 6.15. The molecule has 1 aliphatic heterocycles. The topological polar surface area (TPSA) is 75.5 Å². The monoisotopic (exact) mass is 475 g/mol. The number of halogens is 3. The minimum Gasteiger partial charge on any atom is -0.507 e. The molecule has 2 aromatic carbocycles. The van der Waals surface area contributed by atoms with Gasteiger partial charge in [0.2, 0.25) is 0 Å². The van der Waals surface area contributed by atoms with E-state index >= 15 is 0 Å². The highest BCUT2D eigenvalue weighted by Crippen LogP contribution is 2.33. The van der Waals surface area contributed by atoms with Gasteiger partial charge >= 0.3 is 0 Å². The van der Waals surface area contributed by atoms with E-state index < -0.39 is 23.1 Å². The summed E-state index contributed by atoms with van der Waals surface area (Å²) in [5, 5.41) is 9.96. The van der Waals surface area contributed by atoms with Crippen LogP contribution in [-0.2, 0) is 13.1 Å². The standard InChI is InChI=1S/C20H14ClF2N3O3.C4H10/c1-29-11-6-5-10(15(27)7-11)8-26-9-14-17(20(26)28)18(21)25-19(24-14)16-12(22)3-2-4-13(16)23;1-3-4-2/h2-7,27H,8-9H2,1H3;3-4H2,1-2H3. The SMILES string of the molecule is CCCC.COc1ccc(CN2Cc3nc(-c4c(F)cccc4F)nc(Cl)c3C2=O)c(O)c1. The molecular formula is C24H24ClF2N3O3. The third-order valence-electron chi connectivity index (χ3n) is 5.12. The first-order chi connectivity index (χ1) is 15.8. The molecule has 0 atom stereocenters. The van der Waals surface area contributed by atoms with Gasteiger partial charge in [0.25, 0.3) is 5.91 Å². The molecule has 1 aliphatic rings. The predicted molar refractivity (Wildman–Crippen MR) is 121 cm³/mol. The van der Waals surface area contributed by atoms with Crippen molar-refractivity contribution in [3.8, 4) is 22.9 Å². The molecule has 0 saturated carbocycles. The minimum absolute atomic E-state index is 0.0283. The van der Waals surface area contributed by atoms with E-state index in [1.54, 1.807) is 12.1 Å². The molecule has 1 amide bonds. The predicted octanol–water partition coefficient (Wildman–Crippen LogP) is 5.75. The van der Waals surface area contributed by atoms with Gasteiger partial charge in [-0.2, -0.15) is 0 Å². The Morgan fingerprint density at radius 3 is 2.33 bits per heavy atom. The fourth-order valence-electron chi connectivity index (χ4n) is 3.17. The van der Waals surface area contributed by atoms with E-state index in [0.717, 1.165) is 12.1 Å². The van der Waals surface area contributed by atoms with Gasteiger partial charge in [-0.3, -0.25) is 4.79 Å². The minimum atomic E-state index is -0.828. The summed E-state index contributed by atoms with van der Waals surface area (Å²) in [4.78, 5) is 22.3. The average molecular weight is 476 g/mol. The number of benzene rings is 2. The van der Waals surface area contributed by atoms with Gasteiger partial charge < -0.3 is 14.7 Å². The number of methoxy groups -OCH3 is 1. The lowest BCUT2D eigenvalue weighted by atomic mass is 10.1. The van der Waals surface area contributed by atoms with Gasteiger partial charge in [0.05, 0.1) is 31.5 Å². The van der Waals surface area contributed by atoms with Crippen molar-refractivity contribution >= 4 is 17.5 Å². The third kappa shape index (κ3) is 5.22. The molecule has 1 N–H and O–H groups in total. The van der Waals surface area contributed by atoms with Crippen LogP contribution in [0.25, 0.3) is 11.4 Å². The molecule has 174 valence electrons. The zero-order chi connectivity index (χ0) is 24.1. The highest BCUT2D eigenvalue weighted by molar-refractivity contribution is 6.33. The number of phenolic OH excluding ortho intramolecular Hbond substituents is 1. The van der Waals surface area contributed by atoms with Gasteiger partial charge in [-0.05, 0) is 24.3 Å². The van der Waals surface area contributed by atoms with Gasteiger partial charge in [0.15, 0.2) is 5.82 Å². The number of ether oxygens (including phenoxy) is 1. The molecule has 9 heteroatoms. The molecule has 0 radical (unpaired) electrons. The van der Waals surface area contributed by atoms with Gasteiger partial charge in [-0.15, -0.1) is 0 Å². The van der Waals surface area contributed by atoms with Crippen LogP contribution in [0.5, 0.6) is 11.5 Å². The second-order valence-electron chi connectivity index (χ2n) is 7.41. The zero-order valence-electron chi connectivity index (χ0n) is 18.5. The van der Waals surface area contributed by atoms with Gasteiger partial charge in [-0.1, -0.05) is 44.4 Å². The molecule has 0 aliphatic carbocycles. The Balaban J connectivity index is 0.000000709. The lowest BCUT2D eigenvalue weighted by molar-refractivity contribution is 0.0765. The van der Waals surface area contributed by atoms with Crippen LogP contribution in [0.1, 0.15) is 48.3 Å². The maximum atomic E-state index is 14.1. The molecule has 0 fully saturated rings. The maximum absolute atomic E-state index is 14.1. The molecule has 1 aromatic heterocycles. The summed E-state index contributed by atoms with van der Waals surface area (Å²) in [6, 6.07) is 8.15. The van der Waals surface area contributed by atoms with Crippen molar-refractivity contribution < 1.29 is 23.4 Å². The number of phenols is 1. The van der Waals surface area contributed by atoms with E-state index in [1.165, 1.54) is 37.0 Å². The van der Waals surface area contributed by atoms with Crippen LogP contribution in [0.2, 0.25) is 5.15 Å². The van der Waals surface area contributed by atoms with Crippen molar-refractivity contribution in [3.05, 3.63) is 70.0 Å². The molecule has 0 spiro atoms. The van der Waals surface area contributed by atoms with Crippen LogP contribution in [-0.4, -0.2) is 33.0 Å². The Hall–Kier alpha value is -3.26. The first kappa shape index (κ1) is 24.4. The summed E-state index contributed by atoms with van der Waals surface area (Å²) in [5.74, 6) is -1.87. The number of fused-ring (bicyclic) bond motifs is 1. The number of carbonyl (C=O) groups excluding carboxylic acids is 1. The number of aromatic hydroxyl groups is 1. The van der Waals surface area contributed by atoms with Crippen LogP contribution in [0.3, 0.4) is 0 Å². The van der Waals surface area contributed by atoms with Crippen LogP contribution in [0, 0.1) is 11.6 Å². The van der Waals surface area contributed by atoms with Crippen LogP contribution in [0.15, 0.2) is 36.4 Å². The molecule has 4 rings (SSSR count). The third-order valence-corrected chi connectivity index (χ3v) is 5.40. The lowest BCUT2D eigenvalue weighted by Crippen LogP contribution is -2.23. The molecule has 2 heterocycles. The maximum Gasteiger partial charge on any atom is 0.259 e. The number of rotatable bonds is 5. The Morgan fingerprint density at radius 1 is 1.09 bits per heavy atom. The smallest absolute Gasteiger partial charge is 0.259 e. The fraction of sp³-hybridized carbons (Fsp3) is 0.292. The number of hydrogen-bond acceptors (Lipinski definition) is 5. The van der Waals surface area contributed by atoms with E-state index in [1.807, 2.05) is 0 Å². The van der Waals surface area contributed by atoms with Gasteiger partial charge in [0, 0.05) is 11.6 Å². The van der Waals surface area contributed by atoms with E-state index in [-0.39, 0.29) is 41.1 Å². The lowest BCUT2D eigenvalue weighted by Gasteiger charge is -2.16. The van der Waals surface area contributed by atoms with Crippen LogP contribution in [0.4, 0.5) is 8.78 Å². The molecule has 0 unspecified atom stereocenters. The summed E-state index contributed by atoms with van der Waals surface area (Å²) in [6.45, 7) is 4.51. The number of unbranched alkanes of at least 4 members (excludes halogenated alkanes) is 1. The Kier molecular flexibility index (Phi) is 7.81. The van der Waals surface area contributed by atoms with Gasteiger partial charge in [0.1, 0.15) is 33.9 Å². The molecule has 0 bridgehead atoms. The number of amides is 1. The fourth-order valence-corrected chi connectivity index (χ4v) is 3.44. The largest absolute Gasteiger partial charge is 0.507 e. The normalized spacial score (nSPS) is 12.3. The summed E-state index contributed by atoms with van der Waals surface area (Å²) < 4.78 is 33.2. The van der Waals surface area contributed by atoms with Crippen molar-refractivity contribution in [3.63, 3.8) is 0 Å². The van der Waals surface area contributed by atoms with E-state index in [4.69, 9.17) is 16.3 Å². The number of hydrogen-bond donors (Lipinski definition) is 1. The number of carbonyl (C=O) groups is 1. The second-order valence-corrected chi connectivity index (χ2v) is 7.77. The van der Waals surface area contributed by atoms with Crippen molar-refractivity contribution in [2.75, 3.05) is 7.11 Å². The molecular weight excluding hydrogens is 452 g/mol. The van der Waals surface area contributed by atoms with E-state index in [9.17, 15) is 18.7 Å². The zero-order valence-corrected chi connectivity index (χ0v) is 19.3.